The van der Waals surface area contributed by atoms with Crippen LogP contribution in [0.2, 0.25) is 0 Å². The Kier molecular flexibility index (Phi) is 7.50. The fourth-order valence-corrected chi connectivity index (χ4v) is 4.05. The van der Waals surface area contributed by atoms with Gasteiger partial charge in [0.25, 0.3) is 0 Å². The van der Waals surface area contributed by atoms with Crippen molar-refractivity contribution in [3.05, 3.63) is 89.6 Å². The van der Waals surface area contributed by atoms with E-state index in [1.165, 1.54) is 17.8 Å². The van der Waals surface area contributed by atoms with Gasteiger partial charge in [-0.2, -0.15) is 0 Å². The number of carbonyl (C=O) groups is 1. The van der Waals surface area contributed by atoms with E-state index in [0.717, 1.165) is 50.0 Å². The first-order chi connectivity index (χ1) is 16.1. The van der Waals surface area contributed by atoms with Gasteiger partial charge in [-0.3, -0.25) is 4.79 Å². The predicted octanol–water partition coefficient (Wildman–Crippen LogP) is 3.98. The maximum Gasteiger partial charge on any atom is 0.220 e. The van der Waals surface area contributed by atoms with Crippen LogP contribution in [0.4, 0.5) is 20.3 Å². The van der Waals surface area contributed by atoms with Gasteiger partial charge in [0.1, 0.15) is 17.5 Å². The molecule has 172 valence electrons. The normalized spacial score (nSPS) is 13.8. The second-order valence-corrected chi connectivity index (χ2v) is 8.17. The molecule has 0 atom stereocenters. The predicted molar refractivity (Wildman–Crippen MR) is 126 cm³/mol. The van der Waals surface area contributed by atoms with E-state index >= 15 is 0 Å². The molecule has 33 heavy (non-hydrogen) atoms. The van der Waals surface area contributed by atoms with Crippen LogP contribution in [0.15, 0.2) is 66.9 Å². The Balaban J connectivity index is 1.22. The van der Waals surface area contributed by atoms with Crippen LogP contribution in [-0.2, 0) is 17.6 Å². The van der Waals surface area contributed by atoms with Gasteiger partial charge in [-0.05, 0) is 54.3 Å². The molecule has 1 aliphatic rings. The first kappa shape index (κ1) is 22.7. The van der Waals surface area contributed by atoms with Crippen molar-refractivity contribution in [1.29, 1.82) is 0 Å². The third-order valence-electron chi connectivity index (χ3n) is 5.90. The van der Waals surface area contributed by atoms with E-state index in [-0.39, 0.29) is 18.7 Å². The molecule has 2 aromatic carbocycles. The number of carbonyl (C=O) groups excluding carboxylic acids is 1. The van der Waals surface area contributed by atoms with E-state index in [1.54, 1.807) is 0 Å². The molecule has 0 unspecified atom stereocenters. The number of rotatable bonds is 8. The van der Waals surface area contributed by atoms with Gasteiger partial charge >= 0.3 is 0 Å². The molecule has 0 radical (unpaired) electrons. The zero-order valence-electron chi connectivity index (χ0n) is 18.5. The molecule has 1 aromatic heterocycles. The number of nitrogens with one attached hydrogen (secondary N) is 1. The van der Waals surface area contributed by atoms with Gasteiger partial charge in [0.05, 0.1) is 0 Å². The molecular formula is C26H28F2N4O. The fourth-order valence-electron chi connectivity index (χ4n) is 4.05. The van der Waals surface area contributed by atoms with E-state index in [2.05, 4.69) is 44.4 Å². The smallest absolute Gasteiger partial charge is 0.220 e. The van der Waals surface area contributed by atoms with E-state index in [1.807, 2.05) is 24.4 Å². The number of pyridine rings is 1. The summed E-state index contributed by atoms with van der Waals surface area (Å²) in [7, 11) is 0. The monoisotopic (exact) mass is 450 g/mol. The minimum Gasteiger partial charge on any atom is -0.368 e. The third kappa shape index (κ3) is 6.28. The van der Waals surface area contributed by atoms with Crippen molar-refractivity contribution < 1.29 is 13.6 Å². The molecule has 7 heteroatoms. The zero-order valence-corrected chi connectivity index (χ0v) is 18.5. The van der Waals surface area contributed by atoms with Gasteiger partial charge in [0.15, 0.2) is 0 Å². The Morgan fingerprint density at radius 2 is 1.73 bits per heavy atom. The number of nitrogens with zero attached hydrogens (tertiary/aromatic N) is 3. The van der Waals surface area contributed by atoms with Gasteiger partial charge in [-0.25, -0.2) is 13.8 Å². The van der Waals surface area contributed by atoms with Crippen LogP contribution in [0.3, 0.4) is 0 Å². The van der Waals surface area contributed by atoms with E-state index < -0.39 is 11.6 Å². The molecule has 1 amide bonds. The SMILES string of the molecule is O=C(CCc1ccc(F)cc1F)NCCc1cccc(N2CCN(c3ccccn3)CC2)c1. The number of aromatic nitrogens is 1. The van der Waals surface area contributed by atoms with Crippen LogP contribution in [-0.4, -0.2) is 43.6 Å². The van der Waals surface area contributed by atoms with E-state index in [9.17, 15) is 13.6 Å². The standard InChI is InChI=1S/C26H28F2N4O/c27-22-9-7-21(24(28)19-22)8-10-26(33)30-13-11-20-4-3-5-23(18-20)31-14-16-32(17-15-31)25-6-1-2-12-29-25/h1-7,9,12,18-19H,8,10-11,13-17H2,(H,30,33). The van der Waals surface area contributed by atoms with Crippen LogP contribution < -0.4 is 15.1 Å². The summed E-state index contributed by atoms with van der Waals surface area (Å²) >= 11 is 0. The van der Waals surface area contributed by atoms with Gasteiger partial charge < -0.3 is 15.1 Å². The molecule has 3 aromatic rings. The number of halogens is 2. The summed E-state index contributed by atoms with van der Waals surface area (Å²) < 4.78 is 26.7. The first-order valence-corrected chi connectivity index (χ1v) is 11.3. The largest absolute Gasteiger partial charge is 0.368 e. The number of hydrogen-bond donors (Lipinski definition) is 1. The molecule has 1 N–H and O–H groups in total. The lowest BCUT2D eigenvalue weighted by molar-refractivity contribution is -0.121. The highest BCUT2D eigenvalue weighted by atomic mass is 19.1. The molecule has 4 rings (SSSR count). The van der Waals surface area contributed by atoms with Gasteiger partial charge in [0, 0.05) is 57.1 Å². The highest BCUT2D eigenvalue weighted by Crippen LogP contribution is 2.20. The molecule has 1 saturated heterocycles. The molecule has 5 nitrogen and oxygen atoms in total. The van der Waals surface area contributed by atoms with Crippen LogP contribution in [0.25, 0.3) is 0 Å². The second-order valence-electron chi connectivity index (χ2n) is 8.17. The topological polar surface area (TPSA) is 48.5 Å². The number of hydrogen-bond acceptors (Lipinski definition) is 4. The summed E-state index contributed by atoms with van der Waals surface area (Å²) in [6.07, 6.45) is 2.96. The summed E-state index contributed by atoms with van der Waals surface area (Å²) in [6.45, 7) is 4.22. The van der Waals surface area contributed by atoms with Crippen molar-refractivity contribution in [1.82, 2.24) is 10.3 Å². The molecular weight excluding hydrogens is 422 g/mol. The van der Waals surface area contributed by atoms with Gasteiger partial charge in [0.2, 0.25) is 5.91 Å². The lowest BCUT2D eigenvalue weighted by Crippen LogP contribution is -2.46. The average molecular weight is 451 g/mol. The van der Waals surface area contributed by atoms with Crippen molar-refractivity contribution >= 4 is 17.4 Å². The van der Waals surface area contributed by atoms with Crippen LogP contribution in [0.1, 0.15) is 17.5 Å². The van der Waals surface area contributed by atoms with Crippen molar-refractivity contribution in [2.45, 2.75) is 19.3 Å². The first-order valence-electron chi connectivity index (χ1n) is 11.3. The molecule has 1 fully saturated rings. The highest BCUT2D eigenvalue weighted by molar-refractivity contribution is 5.76. The molecule has 0 bridgehead atoms. The highest BCUT2D eigenvalue weighted by Gasteiger charge is 2.18. The van der Waals surface area contributed by atoms with Crippen molar-refractivity contribution in [3.63, 3.8) is 0 Å². The molecule has 0 saturated carbocycles. The second kappa shape index (κ2) is 10.9. The Hall–Kier alpha value is -3.48. The molecule has 2 heterocycles. The maximum atomic E-state index is 13.7. The number of aryl methyl sites for hydroxylation is 1. The summed E-state index contributed by atoms with van der Waals surface area (Å²) in [5.41, 5.74) is 2.69. The quantitative estimate of drug-likeness (QED) is 0.564. The molecule has 0 spiro atoms. The summed E-state index contributed by atoms with van der Waals surface area (Å²) in [6, 6.07) is 17.8. The number of benzene rings is 2. The fraction of sp³-hybridized carbons (Fsp3) is 0.308. The average Bonchev–Trinajstić information content (AvgIpc) is 2.84. The third-order valence-corrected chi connectivity index (χ3v) is 5.90. The number of piperazine rings is 1. The Labute approximate surface area is 193 Å². The minimum atomic E-state index is -0.613. The summed E-state index contributed by atoms with van der Waals surface area (Å²) in [5.74, 6) is -0.345. The Morgan fingerprint density at radius 1 is 0.909 bits per heavy atom. The van der Waals surface area contributed by atoms with Crippen molar-refractivity contribution in [2.75, 3.05) is 42.5 Å². The van der Waals surface area contributed by atoms with Crippen molar-refractivity contribution in [2.24, 2.45) is 0 Å². The van der Waals surface area contributed by atoms with Crippen LogP contribution >= 0.6 is 0 Å². The zero-order chi connectivity index (χ0) is 23.0. The van der Waals surface area contributed by atoms with Gasteiger partial charge in [-0.1, -0.05) is 24.3 Å². The lowest BCUT2D eigenvalue weighted by atomic mass is 10.1. The van der Waals surface area contributed by atoms with Gasteiger partial charge in [-0.15, -0.1) is 0 Å². The Bertz CT molecular complexity index is 1070. The number of anilines is 2. The van der Waals surface area contributed by atoms with Crippen molar-refractivity contribution in [3.8, 4) is 0 Å². The Morgan fingerprint density at radius 3 is 2.48 bits per heavy atom. The molecule has 1 aliphatic heterocycles. The van der Waals surface area contributed by atoms with Crippen LogP contribution in [0, 0.1) is 11.6 Å². The van der Waals surface area contributed by atoms with E-state index in [0.29, 0.717) is 12.1 Å². The summed E-state index contributed by atoms with van der Waals surface area (Å²) in [5, 5.41) is 2.89. The lowest BCUT2D eigenvalue weighted by Gasteiger charge is -2.36. The number of amides is 1. The molecule has 0 aliphatic carbocycles. The van der Waals surface area contributed by atoms with E-state index in [4.69, 9.17) is 0 Å². The maximum absolute atomic E-state index is 13.7. The summed E-state index contributed by atoms with van der Waals surface area (Å²) in [4.78, 5) is 21.2. The minimum absolute atomic E-state index is 0.138. The van der Waals surface area contributed by atoms with Crippen LogP contribution in [0.5, 0.6) is 0 Å².